The lowest BCUT2D eigenvalue weighted by atomic mass is 9.98. The van der Waals surface area contributed by atoms with E-state index in [0.29, 0.717) is 18.5 Å². The van der Waals surface area contributed by atoms with Gasteiger partial charge in [0.05, 0.1) is 9.82 Å². The topological polar surface area (TPSA) is 95.8 Å². The lowest BCUT2D eigenvalue weighted by Crippen LogP contribution is -2.44. The van der Waals surface area contributed by atoms with Gasteiger partial charge in [-0.1, -0.05) is 60.7 Å². The van der Waals surface area contributed by atoms with Crippen LogP contribution < -0.4 is 5.32 Å². The summed E-state index contributed by atoms with van der Waals surface area (Å²) in [4.78, 5) is 13.7. The van der Waals surface area contributed by atoms with Crippen LogP contribution in [0.1, 0.15) is 24.0 Å². The highest BCUT2D eigenvalue weighted by Crippen LogP contribution is 2.31. The minimum absolute atomic E-state index is 0.0613. The van der Waals surface area contributed by atoms with Gasteiger partial charge in [0, 0.05) is 25.2 Å². The standard InChI is InChI=1S/C28H34N4O4S/c1-30-17-15-25(16-18-30)31(2)37(35,36)26-13-14-27(28(21-26)32(33)34)29-24(19-22-9-5-3-6-10-22)20-23-11-7-4-8-12-23/h3-14,21,24-25,29H,15-20H2,1-2H3. The number of hydrogen-bond acceptors (Lipinski definition) is 6. The average Bonchev–Trinajstić information content (AvgIpc) is 2.90. The van der Waals surface area contributed by atoms with Crippen molar-refractivity contribution >= 4 is 21.4 Å². The van der Waals surface area contributed by atoms with Crippen LogP contribution in [0, 0.1) is 10.1 Å². The van der Waals surface area contributed by atoms with Gasteiger partial charge in [0.15, 0.2) is 0 Å². The highest BCUT2D eigenvalue weighted by molar-refractivity contribution is 7.89. The van der Waals surface area contributed by atoms with Crippen molar-refractivity contribution in [1.82, 2.24) is 9.21 Å². The second kappa shape index (κ2) is 11.9. The van der Waals surface area contributed by atoms with Gasteiger partial charge in [-0.15, -0.1) is 0 Å². The summed E-state index contributed by atoms with van der Waals surface area (Å²) in [6.07, 6.45) is 2.78. The number of nitrogens with one attached hydrogen (secondary N) is 1. The first-order valence-corrected chi connectivity index (χ1v) is 14.0. The molecule has 1 heterocycles. The lowest BCUT2D eigenvalue weighted by Gasteiger charge is -2.34. The SMILES string of the molecule is CN1CCC(N(C)S(=O)(=O)c2ccc(NC(Cc3ccccc3)Cc3ccccc3)c([N+](=O)[O-])c2)CC1. The van der Waals surface area contributed by atoms with Crippen LogP contribution in [-0.4, -0.2) is 61.8 Å². The summed E-state index contributed by atoms with van der Waals surface area (Å²) in [7, 11) is -0.287. The quantitative estimate of drug-likeness (QED) is 0.309. The van der Waals surface area contributed by atoms with Crippen LogP contribution in [0.5, 0.6) is 0 Å². The molecule has 3 aromatic carbocycles. The summed E-state index contributed by atoms with van der Waals surface area (Å²) >= 11 is 0. The third-order valence-electron chi connectivity index (χ3n) is 7.05. The van der Waals surface area contributed by atoms with Gasteiger partial charge in [-0.2, -0.15) is 4.31 Å². The van der Waals surface area contributed by atoms with Crippen molar-refractivity contribution in [1.29, 1.82) is 0 Å². The van der Waals surface area contributed by atoms with Crippen LogP contribution in [0.4, 0.5) is 11.4 Å². The monoisotopic (exact) mass is 522 g/mol. The Bertz CT molecular complexity index is 1250. The molecule has 0 spiro atoms. The van der Waals surface area contributed by atoms with Crippen LogP contribution in [0.25, 0.3) is 0 Å². The average molecular weight is 523 g/mol. The van der Waals surface area contributed by atoms with Gasteiger partial charge in [-0.3, -0.25) is 10.1 Å². The molecule has 0 saturated carbocycles. The number of nitro benzene ring substituents is 1. The maximum atomic E-state index is 13.4. The summed E-state index contributed by atoms with van der Waals surface area (Å²) in [5, 5.41) is 15.4. The van der Waals surface area contributed by atoms with E-state index in [1.807, 2.05) is 67.7 Å². The molecule has 1 N–H and O–H groups in total. The molecule has 0 atom stereocenters. The van der Waals surface area contributed by atoms with Crippen LogP contribution in [-0.2, 0) is 22.9 Å². The molecule has 37 heavy (non-hydrogen) atoms. The van der Waals surface area contributed by atoms with Gasteiger partial charge in [0.1, 0.15) is 5.69 Å². The van der Waals surface area contributed by atoms with Crippen molar-refractivity contribution in [3.05, 3.63) is 100 Å². The second-order valence-corrected chi connectivity index (χ2v) is 11.7. The van der Waals surface area contributed by atoms with Crippen molar-refractivity contribution in [2.24, 2.45) is 0 Å². The third-order valence-corrected chi connectivity index (χ3v) is 8.96. The zero-order valence-electron chi connectivity index (χ0n) is 21.3. The minimum atomic E-state index is -3.87. The Morgan fingerprint density at radius 1 is 0.973 bits per heavy atom. The van der Waals surface area contributed by atoms with Crippen molar-refractivity contribution in [3.8, 4) is 0 Å². The fraction of sp³-hybridized carbons (Fsp3) is 0.357. The molecule has 0 unspecified atom stereocenters. The molecule has 8 nitrogen and oxygen atoms in total. The van der Waals surface area contributed by atoms with Gasteiger partial charge in [0.2, 0.25) is 10.0 Å². The molecule has 196 valence electrons. The highest BCUT2D eigenvalue weighted by atomic mass is 32.2. The van der Waals surface area contributed by atoms with Crippen LogP contribution in [0.3, 0.4) is 0 Å². The smallest absolute Gasteiger partial charge is 0.293 e. The van der Waals surface area contributed by atoms with E-state index in [1.165, 1.54) is 22.5 Å². The zero-order chi connectivity index (χ0) is 26.4. The highest BCUT2D eigenvalue weighted by Gasteiger charge is 2.32. The van der Waals surface area contributed by atoms with E-state index < -0.39 is 14.9 Å². The number of benzene rings is 3. The first-order valence-electron chi connectivity index (χ1n) is 12.5. The van der Waals surface area contributed by atoms with Crippen LogP contribution in [0.15, 0.2) is 83.8 Å². The zero-order valence-corrected chi connectivity index (χ0v) is 22.1. The molecular weight excluding hydrogens is 488 g/mol. The van der Waals surface area contributed by atoms with Crippen molar-refractivity contribution in [2.45, 2.75) is 42.7 Å². The molecule has 0 aromatic heterocycles. The van der Waals surface area contributed by atoms with Gasteiger partial charge >= 0.3 is 0 Å². The second-order valence-electron chi connectivity index (χ2n) is 9.71. The first kappa shape index (κ1) is 26.8. The van der Waals surface area contributed by atoms with Gasteiger partial charge in [-0.05, 0) is 69.1 Å². The Hall–Kier alpha value is -3.27. The summed E-state index contributed by atoms with van der Waals surface area (Å²) in [5.41, 5.74) is 2.28. The largest absolute Gasteiger partial charge is 0.376 e. The molecule has 0 amide bonds. The summed E-state index contributed by atoms with van der Waals surface area (Å²) < 4.78 is 28.1. The Labute approximate surface area is 219 Å². The van der Waals surface area contributed by atoms with Crippen LogP contribution >= 0.6 is 0 Å². The number of sulfonamides is 1. The van der Waals surface area contributed by atoms with Crippen molar-refractivity contribution in [2.75, 3.05) is 32.5 Å². The Morgan fingerprint density at radius 3 is 2.03 bits per heavy atom. The third kappa shape index (κ3) is 6.74. The summed E-state index contributed by atoms with van der Waals surface area (Å²) in [6, 6.07) is 23.8. The van der Waals surface area contributed by atoms with Crippen molar-refractivity contribution in [3.63, 3.8) is 0 Å². The molecular formula is C28H34N4O4S. The maximum Gasteiger partial charge on any atom is 0.293 e. The number of nitrogens with zero attached hydrogens (tertiary/aromatic N) is 3. The number of hydrogen-bond donors (Lipinski definition) is 1. The number of anilines is 1. The summed E-state index contributed by atoms with van der Waals surface area (Å²) in [6.45, 7) is 1.63. The first-order chi connectivity index (χ1) is 17.7. The Morgan fingerprint density at radius 2 is 1.51 bits per heavy atom. The Balaban J connectivity index is 1.60. The van der Waals surface area contributed by atoms with Gasteiger partial charge in [-0.25, -0.2) is 8.42 Å². The number of rotatable bonds is 10. The fourth-order valence-corrected chi connectivity index (χ4v) is 6.29. The number of nitro groups is 1. The molecule has 9 heteroatoms. The van der Waals surface area contributed by atoms with Crippen LogP contribution in [0.2, 0.25) is 0 Å². The molecule has 0 bridgehead atoms. The van der Waals surface area contributed by atoms with E-state index >= 15 is 0 Å². The minimum Gasteiger partial charge on any atom is -0.376 e. The molecule has 4 rings (SSSR count). The van der Waals surface area contributed by atoms with E-state index in [1.54, 1.807) is 7.05 Å². The predicted molar refractivity (Wildman–Crippen MR) is 146 cm³/mol. The van der Waals surface area contributed by atoms with Crippen molar-refractivity contribution < 1.29 is 13.3 Å². The molecule has 0 radical (unpaired) electrons. The fourth-order valence-electron chi connectivity index (χ4n) is 4.86. The molecule has 1 aliphatic rings. The number of piperidine rings is 1. The van der Waals surface area contributed by atoms with Gasteiger partial charge in [0.25, 0.3) is 5.69 Å². The van der Waals surface area contributed by atoms with E-state index in [2.05, 4.69) is 10.2 Å². The normalized spacial score (nSPS) is 15.2. The van der Waals surface area contributed by atoms with E-state index in [4.69, 9.17) is 0 Å². The molecule has 0 aliphatic carbocycles. The van der Waals surface area contributed by atoms with E-state index in [9.17, 15) is 18.5 Å². The molecule has 3 aromatic rings. The maximum absolute atomic E-state index is 13.4. The predicted octanol–water partition coefficient (Wildman–Crippen LogP) is 4.58. The Kier molecular flexibility index (Phi) is 8.58. The summed E-state index contributed by atoms with van der Waals surface area (Å²) in [5.74, 6) is 0. The molecule has 1 fully saturated rings. The molecule has 1 aliphatic heterocycles. The van der Waals surface area contributed by atoms with E-state index in [0.717, 1.165) is 37.1 Å². The number of likely N-dealkylation sites (tertiary alicyclic amines) is 1. The van der Waals surface area contributed by atoms with Gasteiger partial charge < -0.3 is 10.2 Å². The van der Waals surface area contributed by atoms with E-state index in [-0.39, 0.29) is 22.7 Å². The molecule has 1 saturated heterocycles. The lowest BCUT2D eigenvalue weighted by molar-refractivity contribution is -0.384.